The second-order valence-corrected chi connectivity index (χ2v) is 6.50. The fourth-order valence-corrected chi connectivity index (χ4v) is 2.97. The van der Waals surface area contributed by atoms with E-state index in [9.17, 15) is 18.0 Å². The number of hydrogen-bond acceptors (Lipinski definition) is 2. The zero-order valence-electron chi connectivity index (χ0n) is 14.1. The van der Waals surface area contributed by atoms with Crippen molar-refractivity contribution < 1.29 is 22.7 Å². The van der Waals surface area contributed by atoms with E-state index in [0.717, 1.165) is 12.5 Å². The molecule has 1 aliphatic heterocycles. The van der Waals surface area contributed by atoms with Crippen molar-refractivity contribution >= 4 is 5.91 Å². The van der Waals surface area contributed by atoms with Crippen LogP contribution >= 0.6 is 0 Å². The van der Waals surface area contributed by atoms with E-state index >= 15 is 0 Å². The average molecular weight is 343 g/mol. The van der Waals surface area contributed by atoms with Gasteiger partial charge in [0.2, 0.25) is 5.91 Å². The van der Waals surface area contributed by atoms with Gasteiger partial charge in [-0.1, -0.05) is 32.0 Å². The first kappa shape index (κ1) is 18.8. The summed E-state index contributed by atoms with van der Waals surface area (Å²) in [7, 11) is 0. The molecule has 2 rings (SSSR count). The van der Waals surface area contributed by atoms with Crippen LogP contribution in [0.1, 0.15) is 44.2 Å². The summed E-state index contributed by atoms with van der Waals surface area (Å²) < 4.78 is 44.5. The minimum absolute atomic E-state index is 0.0599. The van der Waals surface area contributed by atoms with E-state index in [4.69, 9.17) is 4.74 Å². The smallest absolute Gasteiger partial charge is 0.381 e. The van der Waals surface area contributed by atoms with E-state index in [2.05, 4.69) is 5.32 Å². The van der Waals surface area contributed by atoms with Crippen molar-refractivity contribution in [3.8, 4) is 0 Å². The van der Waals surface area contributed by atoms with Gasteiger partial charge < -0.3 is 10.1 Å². The molecule has 1 aromatic carbocycles. The Morgan fingerprint density at radius 3 is 2.58 bits per heavy atom. The normalized spacial score (nSPS) is 18.9. The van der Waals surface area contributed by atoms with Crippen molar-refractivity contribution in [2.45, 2.75) is 44.7 Å². The predicted octanol–water partition coefficient (Wildman–Crippen LogP) is 3.92. The van der Waals surface area contributed by atoms with Gasteiger partial charge in [0.1, 0.15) is 0 Å². The number of carbonyl (C=O) groups is 1. The number of rotatable bonds is 5. The molecule has 0 bridgehead atoms. The van der Waals surface area contributed by atoms with Crippen LogP contribution in [0.4, 0.5) is 13.2 Å². The molecule has 1 aliphatic rings. The summed E-state index contributed by atoms with van der Waals surface area (Å²) in [5, 5.41) is 2.92. The Labute approximate surface area is 140 Å². The third-order valence-corrected chi connectivity index (χ3v) is 4.91. The molecule has 1 saturated heterocycles. The molecule has 134 valence electrons. The Morgan fingerprint density at radius 1 is 1.33 bits per heavy atom. The molecule has 0 saturated carbocycles. The van der Waals surface area contributed by atoms with Gasteiger partial charge in [-0.25, -0.2) is 0 Å². The van der Waals surface area contributed by atoms with Gasteiger partial charge in [-0.15, -0.1) is 0 Å². The Bertz CT molecular complexity index is 566. The fourth-order valence-electron chi connectivity index (χ4n) is 2.97. The van der Waals surface area contributed by atoms with Gasteiger partial charge in [0.25, 0.3) is 0 Å². The molecular formula is C18H24F3NO2. The van der Waals surface area contributed by atoms with Crippen molar-refractivity contribution in [3.05, 3.63) is 35.4 Å². The van der Waals surface area contributed by atoms with Crippen molar-refractivity contribution in [2.75, 3.05) is 19.8 Å². The lowest BCUT2D eigenvalue weighted by Gasteiger charge is -2.38. The average Bonchev–Trinajstić information content (AvgIpc) is 2.59. The third kappa shape index (κ3) is 4.29. The first-order valence-electron chi connectivity index (χ1n) is 8.32. The van der Waals surface area contributed by atoms with Crippen molar-refractivity contribution in [2.24, 2.45) is 5.92 Å². The molecule has 1 atom stereocenters. The molecule has 0 unspecified atom stereocenters. The Kier molecular flexibility index (Phi) is 5.91. The van der Waals surface area contributed by atoms with Crippen LogP contribution in [0.15, 0.2) is 24.3 Å². The molecule has 1 amide bonds. The van der Waals surface area contributed by atoms with Gasteiger partial charge in [-0.3, -0.25) is 4.79 Å². The zero-order valence-corrected chi connectivity index (χ0v) is 14.1. The van der Waals surface area contributed by atoms with Crippen molar-refractivity contribution in [3.63, 3.8) is 0 Å². The third-order valence-electron chi connectivity index (χ3n) is 4.91. The van der Waals surface area contributed by atoms with Crippen LogP contribution in [0.2, 0.25) is 0 Å². The highest BCUT2D eigenvalue weighted by Crippen LogP contribution is 2.37. The number of alkyl halides is 3. The van der Waals surface area contributed by atoms with E-state index in [-0.39, 0.29) is 11.8 Å². The van der Waals surface area contributed by atoms with Crippen LogP contribution < -0.4 is 5.32 Å². The number of ether oxygens (including phenoxy) is 1. The topological polar surface area (TPSA) is 38.3 Å². The predicted molar refractivity (Wildman–Crippen MR) is 85.6 cm³/mol. The van der Waals surface area contributed by atoms with Gasteiger partial charge in [-0.05, 0) is 30.9 Å². The molecule has 1 fully saturated rings. The maximum Gasteiger partial charge on any atom is 0.416 e. The highest BCUT2D eigenvalue weighted by Gasteiger charge is 2.37. The lowest BCUT2D eigenvalue weighted by Crippen LogP contribution is -2.45. The molecule has 3 nitrogen and oxygen atoms in total. The summed E-state index contributed by atoms with van der Waals surface area (Å²) in [5.74, 6) is -0.168. The van der Waals surface area contributed by atoms with Gasteiger partial charge >= 0.3 is 6.18 Å². The summed E-state index contributed by atoms with van der Waals surface area (Å²) in [4.78, 5) is 12.1. The molecular weight excluding hydrogens is 319 g/mol. The van der Waals surface area contributed by atoms with Gasteiger partial charge in [-0.2, -0.15) is 13.2 Å². The standard InChI is InChI=1S/C18H24F3NO2/c1-3-13(2)16(23)22-12-17(7-9-24-10-8-17)14-5-4-6-15(11-14)18(19,20)21/h4-6,11,13H,3,7-10,12H2,1-2H3,(H,22,23)/t13-/m0/s1. The minimum atomic E-state index is -4.37. The lowest BCUT2D eigenvalue weighted by atomic mass is 9.73. The van der Waals surface area contributed by atoms with Crippen LogP contribution in [0.3, 0.4) is 0 Å². The van der Waals surface area contributed by atoms with Crippen LogP contribution in [0.5, 0.6) is 0 Å². The van der Waals surface area contributed by atoms with E-state index in [1.807, 2.05) is 13.8 Å². The van der Waals surface area contributed by atoms with E-state index < -0.39 is 17.2 Å². The summed E-state index contributed by atoms with van der Waals surface area (Å²) in [6.07, 6.45) is -2.46. The summed E-state index contributed by atoms with van der Waals surface area (Å²) in [6.45, 7) is 5.07. The van der Waals surface area contributed by atoms with Crippen LogP contribution in [0.25, 0.3) is 0 Å². The maximum absolute atomic E-state index is 13.0. The largest absolute Gasteiger partial charge is 0.416 e. The number of carbonyl (C=O) groups excluding carboxylic acids is 1. The summed E-state index contributed by atoms with van der Waals surface area (Å²) in [5.41, 5.74) is -0.549. The fraction of sp³-hybridized carbons (Fsp3) is 0.611. The zero-order chi connectivity index (χ0) is 17.8. The maximum atomic E-state index is 13.0. The quantitative estimate of drug-likeness (QED) is 0.880. The van der Waals surface area contributed by atoms with E-state index in [0.29, 0.717) is 38.2 Å². The Hall–Kier alpha value is -1.56. The SMILES string of the molecule is CC[C@H](C)C(=O)NCC1(c2cccc(C(F)(F)F)c2)CCOCC1. The summed E-state index contributed by atoms with van der Waals surface area (Å²) >= 11 is 0. The van der Waals surface area contributed by atoms with Crippen LogP contribution in [-0.4, -0.2) is 25.7 Å². The van der Waals surface area contributed by atoms with Crippen molar-refractivity contribution in [1.82, 2.24) is 5.32 Å². The molecule has 0 radical (unpaired) electrons. The van der Waals surface area contributed by atoms with E-state index in [1.165, 1.54) is 12.1 Å². The van der Waals surface area contributed by atoms with Crippen LogP contribution in [-0.2, 0) is 21.1 Å². The van der Waals surface area contributed by atoms with Gasteiger partial charge in [0, 0.05) is 31.1 Å². The number of amides is 1. The monoisotopic (exact) mass is 343 g/mol. The van der Waals surface area contributed by atoms with Crippen LogP contribution in [0, 0.1) is 5.92 Å². The number of halogens is 3. The number of benzene rings is 1. The first-order valence-corrected chi connectivity index (χ1v) is 8.32. The Balaban J connectivity index is 2.26. The second-order valence-electron chi connectivity index (χ2n) is 6.50. The van der Waals surface area contributed by atoms with E-state index in [1.54, 1.807) is 6.07 Å². The molecule has 1 heterocycles. The molecule has 1 N–H and O–H groups in total. The molecule has 0 aromatic heterocycles. The lowest BCUT2D eigenvalue weighted by molar-refractivity contribution is -0.137. The molecule has 0 spiro atoms. The molecule has 24 heavy (non-hydrogen) atoms. The number of hydrogen-bond donors (Lipinski definition) is 1. The van der Waals surface area contributed by atoms with Gasteiger partial charge in [0.05, 0.1) is 5.56 Å². The Morgan fingerprint density at radius 2 is 2.00 bits per heavy atom. The second kappa shape index (κ2) is 7.55. The minimum Gasteiger partial charge on any atom is -0.381 e. The molecule has 1 aromatic rings. The summed E-state index contributed by atoms with van der Waals surface area (Å²) in [6, 6.07) is 5.44. The highest BCUT2D eigenvalue weighted by atomic mass is 19.4. The number of nitrogens with one attached hydrogen (secondary N) is 1. The van der Waals surface area contributed by atoms with Gasteiger partial charge in [0.15, 0.2) is 0 Å². The highest BCUT2D eigenvalue weighted by molar-refractivity contribution is 5.78. The van der Waals surface area contributed by atoms with Crippen molar-refractivity contribution in [1.29, 1.82) is 0 Å². The first-order chi connectivity index (χ1) is 11.3. The molecule has 6 heteroatoms. The molecule has 0 aliphatic carbocycles.